The maximum absolute atomic E-state index is 12.5. The van der Waals surface area contributed by atoms with Gasteiger partial charge in [-0.05, 0) is 0 Å². The number of methoxy groups -OCH3 is 1. The summed E-state index contributed by atoms with van der Waals surface area (Å²) in [7, 11) is 1.57. The van der Waals surface area contributed by atoms with Crippen LogP contribution >= 0.6 is 0 Å². The van der Waals surface area contributed by atoms with Crippen molar-refractivity contribution in [1.82, 2.24) is 14.9 Å². The number of nitrogens with zero attached hydrogens (tertiary/aromatic N) is 4. The number of anilines is 1. The van der Waals surface area contributed by atoms with E-state index >= 15 is 0 Å². The molecule has 2 fully saturated rings. The fraction of sp³-hybridized carbons (Fsp3) is 0.643. The molecule has 0 aromatic carbocycles. The molecule has 22 heavy (non-hydrogen) atoms. The number of morpholine rings is 2. The molecule has 0 aliphatic carbocycles. The van der Waals surface area contributed by atoms with E-state index in [9.17, 15) is 4.79 Å². The first-order valence-corrected chi connectivity index (χ1v) is 7.37. The molecule has 0 radical (unpaired) electrons. The van der Waals surface area contributed by atoms with Crippen LogP contribution in [0.3, 0.4) is 0 Å². The average molecular weight is 308 g/mol. The van der Waals surface area contributed by atoms with Crippen LogP contribution in [0.2, 0.25) is 0 Å². The molecular weight excluding hydrogens is 288 g/mol. The Balaban J connectivity index is 1.66. The van der Waals surface area contributed by atoms with Crippen LogP contribution in [-0.2, 0) is 14.3 Å². The normalized spacial score (nSPS) is 22.5. The standard InChI is InChI=1S/C14H20N4O4/c1-20-13-8-12(15-10-16-13)18-4-7-22-11(9-18)14(19)17-2-5-21-6-3-17/h8,10-11H,2-7,9H2,1H3. The third-order valence-electron chi connectivity index (χ3n) is 3.83. The fourth-order valence-electron chi connectivity index (χ4n) is 2.61. The van der Waals surface area contributed by atoms with E-state index in [0.717, 1.165) is 5.82 Å². The van der Waals surface area contributed by atoms with Gasteiger partial charge in [0.25, 0.3) is 5.91 Å². The molecule has 0 bridgehead atoms. The number of carbonyl (C=O) groups excluding carboxylic acids is 1. The number of rotatable bonds is 3. The summed E-state index contributed by atoms with van der Waals surface area (Å²) in [5.74, 6) is 1.27. The van der Waals surface area contributed by atoms with E-state index in [2.05, 4.69) is 9.97 Å². The highest BCUT2D eigenvalue weighted by Crippen LogP contribution is 2.19. The molecule has 1 amide bonds. The lowest BCUT2D eigenvalue weighted by molar-refractivity contribution is -0.148. The third kappa shape index (κ3) is 3.28. The summed E-state index contributed by atoms with van der Waals surface area (Å²) in [5, 5.41) is 0. The van der Waals surface area contributed by atoms with Gasteiger partial charge in [-0.15, -0.1) is 0 Å². The van der Waals surface area contributed by atoms with Gasteiger partial charge in [0.1, 0.15) is 12.1 Å². The van der Waals surface area contributed by atoms with Gasteiger partial charge < -0.3 is 24.0 Å². The Bertz CT molecular complexity index is 521. The van der Waals surface area contributed by atoms with Crippen molar-refractivity contribution in [1.29, 1.82) is 0 Å². The smallest absolute Gasteiger partial charge is 0.253 e. The van der Waals surface area contributed by atoms with Crippen LogP contribution < -0.4 is 9.64 Å². The number of carbonyl (C=O) groups is 1. The van der Waals surface area contributed by atoms with Crippen LogP contribution in [0.1, 0.15) is 0 Å². The number of amides is 1. The molecule has 2 saturated heterocycles. The highest BCUT2D eigenvalue weighted by Gasteiger charge is 2.31. The van der Waals surface area contributed by atoms with Crippen molar-refractivity contribution in [2.24, 2.45) is 0 Å². The highest BCUT2D eigenvalue weighted by atomic mass is 16.5. The van der Waals surface area contributed by atoms with Crippen LogP contribution in [0.5, 0.6) is 5.88 Å². The molecule has 8 nitrogen and oxygen atoms in total. The van der Waals surface area contributed by atoms with Gasteiger partial charge in [-0.3, -0.25) is 4.79 Å². The van der Waals surface area contributed by atoms with Crippen LogP contribution in [0.25, 0.3) is 0 Å². The number of ether oxygens (including phenoxy) is 3. The second-order valence-corrected chi connectivity index (χ2v) is 5.16. The van der Waals surface area contributed by atoms with Crippen LogP contribution in [0.4, 0.5) is 5.82 Å². The lowest BCUT2D eigenvalue weighted by Gasteiger charge is -2.36. The first-order chi connectivity index (χ1) is 10.8. The Hall–Kier alpha value is -1.93. The van der Waals surface area contributed by atoms with Crippen LogP contribution in [0, 0.1) is 0 Å². The Labute approximate surface area is 129 Å². The molecule has 1 atom stereocenters. The van der Waals surface area contributed by atoms with Crippen LogP contribution in [0.15, 0.2) is 12.4 Å². The fourth-order valence-corrected chi connectivity index (χ4v) is 2.61. The molecule has 3 rings (SSSR count). The lowest BCUT2D eigenvalue weighted by atomic mass is 10.2. The van der Waals surface area contributed by atoms with Crippen molar-refractivity contribution < 1.29 is 19.0 Å². The molecule has 8 heteroatoms. The zero-order valence-electron chi connectivity index (χ0n) is 12.6. The lowest BCUT2D eigenvalue weighted by Crippen LogP contribution is -2.53. The molecule has 0 N–H and O–H groups in total. The molecule has 1 aromatic rings. The maximum atomic E-state index is 12.5. The van der Waals surface area contributed by atoms with Gasteiger partial charge in [-0.2, -0.15) is 0 Å². The Morgan fingerprint density at radius 2 is 2.09 bits per heavy atom. The maximum Gasteiger partial charge on any atom is 0.253 e. The van der Waals surface area contributed by atoms with E-state index in [-0.39, 0.29) is 5.91 Å². The van der Waals surface area contributed by atoms with Gasteiger partial charge in [0.2, 0.25) is 5.88 Å². The monoisotopic (exact) mass is 308 g/mol. The predicted octanol–water partition coefficient (Wildman–Crippen LogP) is -0.451. The number of aromatic nitrogens is 2. The Kier molecular flexibility index (Phi) is 4.69. The zero-order chi connectivity index (χ0) is 15.4. The SMILES string of the molecule is COc1cc(N2CCOC(C(=O)N3CCOCC3)C2)ncn1. The van der Waals surface area contributed by atoms with Gasteiger partial charge in [0.05, 0.1) is 33.5 Å². The molecular formula is C14H20N4O4. The summed E-state index contributed by atoms with van der Waals surface area (Å²) in [6.07, 6.45) is 0.996. The number of hydrogen-bond acceptors (Lipinski definition) is 7. The number of hydrogen-bond donors (Lipinski definition) is 0. The summed E-state index contributed by atoms with van der Waals surface area (Å²) in [4.78, 5) is 24.6. The Morgan fingerprint density at radius 1 is 1.27 bits per heavy atom. The van der Waals surface area contributed by atoms with Crippen molar-refractivity contribution >= 4 is 11.7 Å². The summed E-state index contributed by atoms with van der Waals surface area (Å²) in [5.41, 5.74) is 0. The largest absolute Gasteiger partial charge is 0.481 e. The quantitative estimate of drug-likeness (QED) is 0.748. The van der Waals surface area contributed by atoms with Crippen molar-refractivity contribution in [2.75, 3.05) is 58.0 Å². The van der Waals surface area contributed by atoms with E-state index in [1.54, 1.807) is 18.1 Å². The zero-order valence-corrected chi connectivity index (χ0v) is 12.6. The van der Waals surface area contributed by atoms with Crippen molar-refractivity contribution in [2.45, 2.75) is 6.10 Å². The molecule has 1 aromatic heterocycles. The molecule has 0 spiro atoms. The molecule has 3 heterocycles. The second-order valence-electron chi connectivity index (χ2n) is 5.16. The van der Waals surface area contributed by atoms with Gasteiger partial charge in [-0.1, -0.05) is 0 Å². The highest BCUT2D eigenvalue weighted by molar-refractivity contribution is 5.82. The van der Waals surface area contributed by atoms with E-state index in [1.165, 1.54) is 6.33 Å². The van der Waals surface area contributed by atoms with Crippen molar-refractivity contribution in [3.05, 3.63) is 12.4 Å². The van der Waals surface area contributed by atoms with Crippen molar-refractivity contribution in [3.8, 4) is 5.88 Å². The minimum Gasteiger partial charge on any atom is -0.481 e. The first kappa shape index (κ1) is 15.0. The molecule has 2 aliphatic heterocycles. The van der Waals surface area contributed by atoms with E-state index in [0.29, 0.717) is 51.9 Å². The third-order valence-corrected chi connectivity index (χ3v) is 3.83. The van der Waals surface area contributed by atoms with Crippen LogP contribution in [-0.4, -0.2) is 80.0 Å². The van der Waals surface area contributed by atoms with E-state index in [4.69, 9.17) is 14.2 Å². The summed E-state index contributed by atoms with van der Waals surface area (Å²) < 4.78 is 16.0. The minimum absolute atomic E-state index is 0.0222. The molecule has 1 unspecified atom stereocenters. The van der Waals surface area contributed by atoms with Crippen molar-refractivity contribution in [3.63, 3.8) is 0 Å². The first-order valence-electron chi connectivity index (χ1n) is 7.37. The predicted molar refractivity (Wildman–Crippen MR) is 77.9 cm³/mol. The van der Waals surface area contributed by atoms with Gasteiger partial charge in [0.15, 0.2) is 6.10 Å². The average Bonchev–Trinajstić information content (AvgIpc) is 2.62. The van der Waals surface area contributed by atoms with Gasteiger partial charge in [-0.25, -0.2) is 9.97 Å². The summed E-state index contributed by atoms with van der Waals surface area (Å²) in [6, 6.07) is 1.77. The van der Waals surface area contributed by atoms with Gasteiger partial charge >= 0.3 is 0 Å². The van der Waals surface area contributed by atoms with Gasteiger partial charge in [0, 0.05) is 25.7 Å². The molecule has 120 valence electrons. The molecule has 2 aliphatic rings. The van der Waals surface area contributed by atoms with E-state index < -0.39 is 6.10 Å². The summed E-state index contributed by atoms with van der Waals surface area (Å²) in [6.45, 7) is 4.09. The Morgan fingerprint density at radius 3 is 2.86 bits per heavy atom. The van der Waals surface area contributed by atoms with E-state index in [1.807, 2.05) is 4.90 Å². The molecule has 0 saturated carbocycles. The summed E-state index contributed by atoms with van der Waals surface area (Å²) >= 11 is 0. The second kappa shape index (κ2) is 6.89. The topological polar surface area (TPSA) is 77.0 Å². The minimum atomic E-state index is -0.465.